The third kappa shape index (κ3) is 3.83. The second-order valence-electron chi connectivity index (χ2n) is 5.70. The van der Waals surface area contributed by atoms with Crippen LogP contribution < -0.4 is 0 Å². The summed E-state index contributed by atoms with van der Waals surface area (Å²) in [5.74, 6) is -0.0903. The van der Waals surface area contributed by atoms with Crippen molar-refractivity contribution in [2.24, 2.45) is 5.92 Å². The Morgan fingerprint density at radius 1 is 1.48 bits per heavy atom. The number of amides is 2. The zero-order valence-corrected chi connectivity index (χ0v) is 13.5. The fourth-order valence-corrected chi connectivity index (χ4v) is 4.28. The highest BCUT2D eigenvalue weighted by Crippen LogP contribution is 2.32. The molecule has 2 aliphatic rings. The first-order valence-electron chi connectivity index (χ1n) is 7.50. The van der Waals surface area contributed by atoms with Crippen molar-refractivity contribution in [1.82, 2.24) is 9.80 Å². The van der Waals surface area contributed by atoms with Gasteiger partial charge in [0.1, 0.15) is 6.04 Å². The number of aliphatic carboxylic acids is 1. The van der Waals surface area contributed by atoms with Crippen LogP contribution in [0.15, 0.2) is 0 Å². The second kappa shape index (κ2) is 7.35. The van der Waals surface area contributed by atoms with Crippen molar-refractivity contribution in [2.45, 2.75) is 37.6 Å². The summed E-state index contributed by atoms with van der Waals surface area (Å²) in [6, 6.07) is -0.887. The molecule has 2 fully saturated rings. The Labute approximate surface area is 129 Å². The Morgan fingerprint density at radius 2 is 2.24 bits per heavy atom. The first-order valence-corrected chi connectivity index (χ1v) is 8.55. The molecule has 7 heteroatoms. The number of carbonyl (C=O) groups excluding carboxylic acids is 1. The van der Waals surface area contributed by atoms with Gasteiger partial charge in [0.2, 0.25) is 0 Å². The minimum Gasteiger partial charge on any atom is -0.480 e. The van der Waals surface area contributed by atoms with E-state index in [9.17, 15) is 14.7 Å². The normalized spacial score (nSPS) is 29.4. The van der Waals surface area contributed by atoms with Gasteiger partial charge in [-0.25, -0.2) is 9.59 Å². The van der Waals surface area contributed by atoms with Crippen molar-refractivity contribution >= 4 is 23.8 Å². The van der Waals surface area contributed by atoms with E-state index in [0.29, 0.717) is 24.8 Å². The number of thioether (sulfide) groups is 1. The summed E-state index contributed by atoms with van der Waals surface area (Å²) in [5.41, 5.74) is 0. The molecule has 0 aliphatic carbocycles. The minimum atomic E-state index is -0.916. The lowest BCUT2D eigenvalue weighted by Crippen LogP contribution is -2.51. The van der Waals surface area contributed by atoms with Gasteiger partial charge >= 0.3 is 12.0 Å². The fourth-order valence-electron chi connectivity index (χ4n) is 2.94. The van der Waals surface area contributed by atoms with Crippen LogP contribution in [-0.2, 0) is 9.53 Å². The molecule has 6 nitrogen and oxygen atoms in total. The van der Waals surface area contributed by atoms with Crippen molar-refractivity contribution in [2.75, 3.05) is 32.6 Å². The molecule has 0 saturated carbocycles. The van der Waals surface area contributed by atoms with E-state index < -0.39 is 12.0 Å². The lowest BCUT2D eigenvalue weighted by molar-refractivity contribution is -0.141. The zero-order valence-electron chi connectivity index (χ0n) is 12.7. The molecule has 0 bridgehead atoms. The number of hydrogen-bond acceptors (Lipinski definition) is 4. The number of urea groups is 1. The van der Waals surface area contributed by atoms with Gasteiger partial charge in [0, 0.05) is 31.9 Å². The summed E-state index contributed by atoms with van der Waals surface area (Å²) in [6.45, 7) is 4.10. The van der Waals surface area contributed by atoms with Crippen LogP contribution in [0.5, 0.6) is 0 Å². The van der Waals surface area contributed by atoms with Crippen LogP contribution >= 0.6 is 11.8 Å². The molecule has 21 heavy (non-hydrogen) atoms. The molecule has 2 heterocycles. The summed E-state index contributed by atoms with van der Waals surface area (Å²) in [7, 11) is 1.76. The predicted octanol–water partition coefficient (Wildman–Crippen LogP) is 1.70. The standard InChI is InChI=1S/C14H24N2O4S/c1-3-12-16(11(9-21-12)13(17)18)14(19)15(2)7-10-5-4-6-20-8-10/h10-12H,3-9H2,1-2H3,(H,17,18). The van der Waals surface area contributed by atoms with Gasteiger partial charge in [-0.05, 0) is 19.3 Å². The molecule has 3 unspecified atom stereocenters. The molecule has 120 valence electrons. The molecule has 2 amide bonds. The summed E-state index contributed by atoms with van der Waals surface area (Å²) in [6.07, 6.45) is 2.86. The molecule has 0 aromatic rings. The lowest BCUT2D eigenvalue weighted by Gasteiger charge is -2.33. The lowest BCUT2D eigenvalue weighted by atomic mass is 10.0. The molecule has 0 aromatic carbocycles. The number of carbonyl (C=O) groups is 2. The third-order valence-electron chi connectivity index (χ3n) is 4.06. The van der Waals surface area contributed by atoms with Gasteiger partial charge in [-0.2, -0.15) is 0 Å². The highest BCUT2D eigenvalue weighted by Gasteiger charge is 2.42. The summed E-state index contributed by atoms with van der Waals surface area (Å²) in [5, 5.41) is 9.27. The van der Waals surface area contributed by atoms with Gasteiger partial charge in [-0.3, -0.25) is 4.90 Å². The number of ether oxygens (including phenoxy) is 1. The Hall–Kier alpha value is -0.950. The quantitative estimate of drug-likeness (QED) is 0.855. The van der Waals surface area contributed by atoms with Crippen molar-refractivity contribution in [3.63, 3.8) is 0 Å². The first-order chi connectivity index (χ1) is 10.0. The number of rotatable bonds is 4. The summed E-state index contributed by atoms with van der Waals surface area (Å²) < 4.78 is 5.44. The van der Waals surface area contributed by atoms with Crippen molar-refractivity contribution in [1.29, 1.82) is 0 Å². The molecule has 2 saturated heterocycles. The van der Waals surface area contributed by atoms with Gasteiger partial charge in [0.05, 0.1) is 12.0 Å². The summed E-state index contributed by atoms with van der Waals surface area (Å²) in [4.78, 5) is 27.2. The topological polar surface area (TPSA) is 70.1 Å². The monoisotopic (exact) mass is 316 g/mol. The van der Waals surface area contributed by atoms with Crippen LogP contribution in [0.3, 0.4) is 0 Å². The van der Waals surface area contributed by atoms with Crippen LogP contribution in [0.25, 0.3) is 0 Å². The van der Waals surface area contributed by atoms with Gasteiger partial charge in [0.15, 0.2) is 0 Å². The van der Waals surface area contributed by atoms with Crippen LogP contribution in [0, 0.1) is 5.92 Å². The van der Waals surface area contributed by atoms with Gasteiger partial charge in [-0.1, -0.05) is 6.92 Å². The fraction of sp³-hybridized carbons (Fsp3) is 0.857. The Kier molecular flexibility index (Phi) is 5.75. The van der Waals surface area contributed by atoms with Crippen LogP contribution in [0.1, 0.15) is 26.2 Å². The molecular weight excluding hydrogens is 292 g/mol. The molecule has 2 rings (SSSR count). The van der Waals surface area contributed by atoms with E-state index in [1.165, 1.54) is 4.90 Å². The Bertz CT molecular complexity index is 387. The van der Waals surface area contributed by atoms with E-state index >= 15 is 0 Å². The van der Waals surface area contributed by atoms with E-state index in [1.807, 2.05) is 6.92 Å². The minimum absolute atomic E-state index is 0.0383. The molecule has 0 radical (unpaired) electrons. The van der Waals surface area contributed by atoms with Crippen molar-refractivity contribution in [3.8, 4) is 0 Å². The third-order valence-corrected chi connectivity index (χ3v) is 5.51. The Morgan fingerprint density at radius 3 is 2.81 bits per heavy atom. The summed E-state index contributed by atoms with van der Waals surface area (Å²) >= 11 is 1.55. The number of nitrogens with zero attached hydrogens (tertiary/aromatic N) is 2. The van der Waals surface area contributed by atoms with Gasteiger partial charge in [-0.15, -0.1) is 11.8 Å². The molecule has 2 aliphatic heterocycles. The van der Waals surface area contributed by atoms with E-state index in [2.05, 4.69) is 0 Å². The second-order valence-corrected chi connectivity index (χ2v) is 6.91. The smallest absolute Gasteiger partial charge is 0.327 e. The number of carboxylic acids is 1. The van der Waals surface area contributed by atoms with Gasteiger partial charge < -0.3 is 14.7 Å². The highest BCUT2D eigenvalue weighted by atomic mass is 32.2. The van der Waals surface area contributed by atoms with Crippen LogP contribution in [-0.4, -0.2) is 70.9 Å². The van der Waals surface area contributed by atoms with E-state index in [-0.39, 0.29) is 11.4 Å². The van der Waals surface area contributed by atoms with Crippen LogP contribution in [0.4, 0.5) is 4.79 Å². The maximum atomic E-state index is 12.6. The predicted molar refractivity (Wildman–Crippen MR) is 81.4 cm³/mol. The van der Waals surface area contributed by atoms with Crippen molar-refractivity contribution < 1.29 is 19.4 Å². The highest BCUT2D eigenvalue weighted by molar-refractivity contribution is 8.00. The molecule has 0 aromatic heterocycles. The maximum Gasteiger partial charge on any atom is 0.327 e. The van der Waals surface area contributed by atoms with E-state index in [0.717, 1.165) is 25.9 Å². The zero-order chi connectivity index (χ0) is 15.4. The maximum absolute atomic E-state index is 12.6. The SMILES string of the molecule is CCC1SCC(C(=O)O)N1C(=O)N(C)CC1CCCOC1. The molecule has 1 N–H and O–H groups in total. The van der Waals surface area contributed by atoms with Crippen LogP contribution in [0.2, 0.25) is 0 Å². The average Bonchev–Trinajstić information content (AvgIpc) is 2.91. The van der Waals surface area contributed by atoms with Crippen molar-refractivity contribution in [3.05, 3.63) is 0 Å². The van der Waals surface area contributed by atoms with Gasteiger partial charge in [0.25, 0.3) is 0 Å². The number of hydrogen-bond donors (Lipinski definition) is 1. The number of carboxylic acid groups (broad SMARTS) is 1. The average molecular weight is 316 g/mol. The first kappa shape index (κ1) is 16.4. The molecule has 0 spiro atoms. The largest absolute Gasteiger partial charge is 0.480 e. The Balaban J connectivity index is 1.99. The van der Waals surface area contributed by atoms with E-state index in [1.54, 1.807) is 23.7 Å². The van der Waals surface area contributed by atoms with E-state index in [4.69, 9.17) is 4.74 Å². The molecular formula is C14H24N2O4S. The molecule has 3 atom stereocenters.